The molecule has 1 aromatic carbocycles. The molecule has 0 saturated carbocycles. The minimum atomic E-state index is -0.287. The number of amides is 1. The molecule has 18 heavy (non-hydrogen) atoms. The van der Waals surface area contributed by atoms with Crippen LogP contribution in [0.4, 0.5) is 0 Å². The Morgan fingerprint density at radius 2 is 2.11 bits per heavy atom. The van der Waals surface area contributed by atoms with Crippen LogP contribution in [-0.2, 0) is 6.54 Å². The third-order valence-electron chi connectivity index (χ3n) is 2.38. The predicted molar refractivity (Wildman–Crippen MR) is 72.4 cm³/mol. The maximum absolute atomic E-state index is 11.8. The van der Waals surface area contributed by atoms with Crippen molar-refractivity contribution >= 4 is 21.8 Å². The number of carbonyl (C=O) groups is 1. The number of carbonyl (C=O) groups excluding carboxylic acids is 1. The van der Waals surface area contributed by atoms with Crippen molar-refractivity contribution < 1.29 is 4.79 Å². The number of aromatic amines is 1. The topological polar surface area (TPSA) is 62.0 Å². The summed E-state index contributed by atoms with van der Waals surface area (Å²) in [6, 6.07) is 10.5. The second kappa shape index (κ2) is 5.64. The van der Waals surface area contributed by atoms with Gasteiger partial charge in [-0.2, -0.15) is 0 Å². The number of benzene rings is 1. The average molecular weight is 307 g/mol. The fourth-order valence-electron chi connectivity index (χ4n) is 1.52. The van der Waals surface area contributed by atoms with E-state index in [1.54, 1.807) is 6.07 Å². The Balaban J connectivity index is 2.03. The van der Waals surface area contributed by atoms with E-state index in [2.05, 4.69) is 26.2 Å². The maximum Gasteiger partial charge on any atom is 0.251 e. The lowest BCUT2D eigenvalue weighted by molar-refractivity contribution is 0.0950. The van der Waals surface area contributed by atoms with Crippen LogP contribution >= 0.6 is 15.9 Å². The first-order valence-electron chi connectivity index (χ1n) is 5.36. The third kappa shape index (κ3) is 3.30. The zero-order chi connectivity index (χ0) is 13.0. The molecule has 2 N–H and O–H groups in total. The molecule has 1 amide bonds. The van der Waals surface area contributed by atoms with Gasteiger partial charge in [-0.05, 0) is 23.8 Å². The molecular formula is C13H11BrN2O2. The van der Waals surface area contributed by atoms with Crippen molar-refractivity contribution in [3.8, 4) is 0 Å². The summed E-state index contributed by atoms with van der Waals surface area (Å²) in [6.45, 7) is 0.422. The fourth-order valence-corrected chi connectivity index (χ4v) is 1.96. The van der Waals surface area contributed by atoms with E-state index in [0.717, 1.165) is 10.0 Å². The van der Waals surface area contributed by atoms with Gasteiger partial charge in [-0.3, -0.25) is 9.59 Å². The van der Waals surface area contributed by atoms with Crippen molar-refractivity contribution in [1.29, 1.82) is 0 Å². The monoisotopic (exact) mass is 306 g/mol. The largest absolute Gasteiger partial charge is 0.348 e. The van der Waals surface area contributed by atoms with Gasteiger partial charge < -0.3 is 10.3 Å². The van der Waals surface area contributed by atoms with Crippen molar-refractivity contribution in [3.63, 3.8) is 0 Å². The van der Waals surface area contributed by atoms with Crippen LogP contribution < -0.4 is 10.9 Å². The Hall–Kier alpha value is -1.88. The van der Waals surface area contributed by atoms with Gasteiger partial charge in [0.05, 0.1) is 0 Å². The highest BCUT2D eigenvalue weighted by atomic mass is 79.9. The smallest absolute Gasteiger partial charge is 0.251 e. The average Bonchev–Trinajstić information content (AvgIpc) is 2.36. The highest BCUT2D eigenvalue weighted by Gasteiger charge is 2.05. The van der Waals surface area contributed by atoms with Crippen LogP contribution in [0.2, 0.25) is 0 Å². The number of nitrogens with one attached hydrogen (secondary N) is 2. The summed E-state index contributed by atoms with van der Waals surface area (Å²) in [7, 11) is 0. The summed E-state index contributed by atoms with van der Waals surface area (Å²) in [5.74, 6) is -0.263. The van der Waals surface area contributed by atoms with Gasteiger partial charge in [0.2, 0.25) is 5.56 Å². The van der Waals surface area contributed by atoms with Gasteiger partial charge in [0, 0.05) is 28.8 Å². The quantitative estimate of drug-likeness (QED) is 0.912. The summed E-state index contributed by atoms with van der Waals surface area (Å²) in [4.78, 5) is 25.3. The molecule has 0 radical (unpaired) electrons. The van der Waals surface area contributed by atoms with Gasteiger partial charge in [-0.1, -0.05) is 28.1 Å². The summed E-state index contributed by atoms with van der Waals surface area (Å²) in [6.07, 6.45) is 1.45. The Morgan fingerprint density at radius 1 is 1.28 bits per heavy atom. The summed E-state index contributed by atoms with van der Waals surface area (Å²) >= 11 is 3.37. The molecule has 0 aliphatic rings. The van der Waals surface area contributed by atoms with Crippen LogP contribution in [0, 0.1) is 0 Å². The van der Waals surface area contributed by atoms with E-state index in [9.17, 15) is 9.59 Å². The minimum Gasteiger partial charge on any atom is -0.348 e. The first kappa shape index (κ1) is 12.6. The van der Waals surface area contributed by atoms with Crippen molar-refractivity contribution in [2.24, 2.45) is 0 Å². The van der Waals surface area contributed by atoms with Crippen LogP contribution in [0.15, 0.2) is 51.9 Å². The Bertz CT molecular complexity index is 622. The van der Waals surface area contributed by atoms with Crippen LogP contribution in [-0.4, -0.2) is 10.9 Å². The Kier molecular flexibility index (Phi) is 3.94. The van der Waals surface area contributed by atoms with E-state index in [0.29, 0.717) is 12.1 Å². The number of hydrogen-bond acceptors (Lipinski definition) is 2. The zero-order valence-electron chi connectivity index (χ0n) is 9.44. The molecule has 2 rings (SSSR count). The number of rotatable bonds is 3. The van der Waals surface area contributed by atoms with Gasteiger partial charge >= 0.3 is 0 Å². The van der Waals surface area contributed by atoms with Crippen LogP contribution in [0.5, 0.6) is 0 Å². The molecule has 0 fully saturated rings. The van der Waals surface area contributed by atoms with Gasteiger partial charge in [0.1, 0.15) is 0 Å². The number of halogens is 1. The van der Waals surface area contributed by atoms with E-state index in [4.69, 9.17) is 0 Å². The molecule has 0 aliphatic carbocycles. The fraction of sp³-hybridized carbons (Fsp3) is 0.0769. The minimum absolute atomic E-state index is 0.263. The van der Waals surface area contributed by atoms with E-state index >= 15 is 0 Å². The first-order chi connectivity index (χ1) is 8.65. The summed E-state index contributed by atoms with van der Waals surface area (Å²) in [5, 5.41) is 2.76. The second-order valence-electron chi connectivity index (χ2n) is 3.75. The molecule has 4 nitrogen and oxygen atoms in total. The molecule has 0 bridgehead atoms. The van der Waals surface area contributed by atoms with Crippen LogP contribution in [0.25, 0.3) is 0 Å². The first-order valence-corrected chi connectivity index (χ1v) is 6.16. The summed E-state index contributed by atoms with van der Waals surface area (Å²) < 4.78 is 0.963. The van der Waals surface area contributed by atoms with Crippen molar-refractivity contribution in [2.75, 3.05) is 0 Å². The normalized spacial score (nSPS) is 10.1. The molecule has 5 heteroatoms. The molecule has 0 saturated heterocycles. The molecule has 0 atom stereocenters. The number of aromatic nitrogens is 1. The van der Waals surface area contributed by atoms with Crippen LogP contribution in [0.1, 0.15) is 15.9 Å². The lowest BCUT2D eigenvalue weighted by Crippen LogP contribution is -2.24. The molecule has 0 spiro atoms. The van der Waals surface area contributed by atoms with E-state index in [1.165, 1.54) is 12.3 Å². The molecule has 1 heterocycles. The molecule has 2 aromatic rings. The molecule has 0 unspecified atom stereocenters. The number of hydrogen-bond donors (Lipinski definition) is 2. The number of pyridine rings is 1. The van der Waals surface area contributed by atoms with Gasteiger partial charge in [0.15, 0.2) is 0 Å². The van der Waals surface area contributed by atoms with Crippen molar-refractivity contribution in [3.05, 3.63) is 68.5 Å². The molecule has 0 aliphatic heterocycles. The standard InChI is InChI=1S/C13H11BrN2O2/c14-11-3-1-2-9(6-11)8-16-13(18)10-4-5-15-12(17)7-10/h1-7H,8H2,(H,15,17)(H,16,18). The van der Waals surface area contributed by atoms with Gasteiger partial charge in [-0.15, -0.1) is 0 Å². The Morgan fingerprint density at radius 3 is 2.83 bits per heavy atom. The van der Waals surface area contributed by atoms with Crippen molar-refractivity contribution in [1.82, 2.24) is 10.3 Å². The van der Waals surface area contributed by atoms with Crippen LogP contribution in [0.3, 0.4) is 0 Å². The third-order valence-corrected chi connectivity index (χ3v) is 2.87. The highest BCUT2D eigenvalue weighted by Crippen LogP contribution is 2.11. The Labute approximate surface area is 112 Å². The molecular weight excluding hydrogens is 296 g/mol. The zero-order valence-corrected chi connectivity index (χ0v) is 11.0. The predicted octanol–water partition coefficient (Wildman–Crippen LogP) is 2.07. The van der Waals surface area contributed by atoms with Crippen molar-refractivity contribution in [2.45, 2.75) is 6.54 Å². The van der Waals surface area contributed by atoms with Gasteiger partial charge in [0.25, 0.3) is 5.91 Å². The van der Waals surface area contributed by atoms with E-state index < -0.39 is 0 Å². The maximum atomic E-state index is 11.8. The lowest BCUT2D eigenvalue weighted by atomic mass is 10.2. The lowest BCUT2D eigenvalue weighted by Gasteiger charge is -2.05. The highest BCUT2D eigenvalue weighted by molar-refractivity contribution is 9.10. The molecule has 1 aromatic heterocycles. The van der Waals surface area contributed by atoms with Gasteiger partial charge in [-0.25, -0.2) is 0 Å². The SMILES string of the molecule is O=C(NCc1cccc(Br)c1)c1cc[nH]c(=O)c1. The number of H-pyrrole nitrogens is 1. The molecule has 92 valence electrons. The van der Waals surface area contributed by atoms with E-state index in [1.807, 2.05) is 24.3 Å². The summed E-state index contributed by atoms with van der Waals surface area (Å²) in [5.41, 5.74) is 1.06. The second-order valence-corrected chi connectivity index (χ2v) is 4.67. The van der Waals surface area contributed by atoms with E-state index in [-0.39, 0.29) is 11.5 Å².